The van der Waals surface area contributed by atoms with Crippen molar-refractivity contribution in [2.45, 2.75) is 39.2 Å². The topological polar surface area (TPSA) is 72.8 Å². The van der Waals surface area contributed by atoms with Crippen LogP contribution in [0.2, 0.25) is 0 Å². The standard InChI is InChI=1S/C18H24O5/c1-5-13(4)14-6-8-15(9-7-14)18(21)23-11-16(19)10-22-17(20)12(2)3/h6-9,13,16,19H,2,5,10-11H2,1,3-4H3. The zero-order chi connectivity index (χ0) is 17.4. The average Bonchev–Trinajstić information content (AvgIpc) is 2.56. The number of aliphatic hydroxyl groups excluding tert-OH is 1. The number of esters is 2. The third kappa shape index (κ3) is 6.24. The first-order chi connectivity index (χ1) is 10.8. The molecule has 2 atom stereocenters. The van der Waals surface area contributed by atoms with Gasteiger partial charge in [-0.2, -0.15) is 0 Å². The molecule has 0 radical (unpaired) electrons. The Balaban J connectivity index is 2.44. The van der Waals surface area contributed by atoms with Crippen molar-refractivity contribution in [3.05, 3.63) is 47.5 Å². The fourth-order valence-corrected chi connectivity index (χ4v) is 1.78. The van der Waals surface area contributed by atoms with Crippen LogP contribution in [0.5, 0.6) is 0 Å². The smallest absolute Gasteiger partial charge is 0.338 e. The van der Waals surface area contributed by atoms with Gasteiger partial charge in [0.2, 0.25) is 0 Å². The van der Waals surface area contributed by atoms with Gasteiger partial charge in [-0.15, -0.1) is 0 Å². The van der Waals surface area contributed by atoms with Crippen LogP contribution in [0.1, 0.15) is 49.0 Å². The molecule has 0 fully saturated rings. The lowest BCUT2D eigenvalue weighted by molar-refractivity contribution is -0.142. The Morgan fingerprint density at radius 3 is 2.26 bits per heavy atom. The van der Waals surface area contributed by atoms with E-state index < -0.39 is 18.0 Å². The van der Waals surface area contributed by atoms with Crippen molar-refractivity contribution in [1.29, 1.82) is 0 Å². The molecule has 0 saturated heterocycles. The summed E-state index contributed by atoms with van der Waals surface area (Å²) in [6.07, 6.45) is -0.0413. The first-order valence-corrected chi connectivity index (χ1v) is 7.62. The molecule has 0 amide bonds. The summed E-state index contributed by atoms with van der Waals surface area (Å²) in [5.74, 6) is -0.674. The quantitative estimate of drug-likeness (QED) is 0.589. The molecule has 0 aliphatic carbocycles. The lowest BCUT2D eigenvalue weighted by atomic mass is 9.98. The minimum atomic E-state index is -1.07. The molecule has 0 aromatic heterocycles. The van der Waals surface area contributed by atoms with Crippen molar-refractivity contribution < 1.29 is 24.2 Å². The zero-order valence-corrected chi connectivity index (χ0v) is 13.9. The van der Waals surface area contributed by atoms with Gasteiger partial charge in [0.25, 0.3) is 0 Å². The maximum absolute atomic E-state index is 11.9. The molecule has 5 heteroatoms. The molecule has 2 unspecified atom stereocenters. The number of benzene rings is 1. The molecule has 1 aromatic rings. The molecule has 1 aromatic carbocycles. The molecule has 0 saturated carbocycles. The second kappa shape index (κ2) is 9.10. The van der Waals surface area contributed by atoms with Gasteiger partial charge in [-0.3, -0.25) is 0 Å². The van der Waals surface area contributed by atoms with Crippen LogP contribution in [0.15, 0.2) is 36.4 Å². The summed E-state index contributed by atoms with van der Waals surface area (Å²) in [5, 5.41) is 9.64. The Morgan fingerprint density at radius 1 is 1.17 bits per heavy atom. The van der Waals surface area contributed by atoms with Crippen molar-refractivity contribution in [1.82, 2.24) is 0 Å². The first-order valence-electron chi connectivity index (χ1n) is 7.62. The molecule has 0 spiro atoms. The lowest BCUT2D eigenvalue weighted by Crippen LogP contribution is -2.25. The van der Waals surface area contributed by atoms with Crippen molar-refractivity contribution in [2.75, 3.05) is 13.2 Å². The van der Waals surface area contributed by atoms with Gasteiger partial charge in [-0.25, -0.2) is 9.59 Å². The number of rotatable bonds is 8. The van der Waals surface area contributed by atoms with E-state index in [-0.39, 0.29) is 18.8 Å². The van der Waals surface area contributed by atoms with Crippen LogP contribution >= 0.6 is 0 Å². The summed E-state index contributed by atoms with van der Waals surface area (Å²) in [7, 11) is 0. The van der Waals surface area contributed by atoms with E-state index in [1.54, 1.807) is 12.1 Å². The van der Waals surface area contributed by atoms with Gasteiger partial charge in [0.1, 0.15) is 19.3 Å². The molecule has 126 valence electrons. The monoisotopic (exact) mass is 320 g/mol. The highest BCUT2D eigenvalue weighted by molar-refractivity contribution is 5.89. The second-order valence-electron chi connectivity index (χ2n) is 5.56. The van der Waals surface area contributed by atoms with Crippen LogP contribution in [0, 0.1) is 0 Å². The minimum absolute atomic E-state index is 0.241. The SMILES string of the molecule is C=C(C)C(=O)OCC(O)COC(=O)c1ccc(C(C)CC)cc1. The molecule has 1 rings (SSSR count). The first kappa shape index (κ1) is 18.9. The Kier molecular flexibility index (Phi) is 7.48. The summed E-state index contributed by atoms with van der Waals surface area (Å²) in [6, 6.07) is 7.21. The second-order valence-corrected chi connectivity index (χ2v) is 5.56. The fraction of sp³-hybridized carbons (Fsp3) is 0.444. The van der Waals surface area contributed by atoms with Crippen molar-refractivity contribution >= 4 is 11.9 Å². The number of hydrogen-bond acceptors (Lipinski definition) is 5. The summed E-state index contributed by atoms with van der Waals surface area (Å²) < 4.78 is 9.78. The van der Waals surface area contributed by atoms with Gasteiger partial charge >= 0.3 is 11.9 Å². The molecular weight excluding hydrogens is 296 g/mol. The number of carbonyl (C=O) groups is 2. The predicted octanol–water partition coefficient (Wildman–Crippen LogP) is 2.84. The normalized spacial score (nSPS) is 13.0. The maximum atomic E-state index is 11.9. The Bertz CT molecular complexity index is 547. The summed E-state index contributed by atoms with van der Waals surface area (Å²) in [6.45, 7) is 8.68. The van der Waals surface area contributed by atoms with Gasteiger partial charge in [0.15, 0.2) is 0 Å². The summed E-state index contributed by atoms with van der Waals surface area (Å²) >= 11 is 0. The van der Waals surface area contributed by atoms with Crippen LogP contribution in [-0.4, -0.2) is 36.4 Å². The van der Waals surface area contributed by atoms with Gasteiger partial charge in [0.05, 0.1) is 5.56 Å². The van der Waals surface area contributed by atoms with Crippen molar-refractivity contribution in [2.24, 2.45) is 0 Å². The predicted molar refractivity (Wildman–Crippen MR) is 87.2 cm³/mol. The summed E-state index contributed by atoms with van der Waals surface area (Å²) in [4.78, 5) is 23.1. The van der Waals surface area contributed by atoms with Crippen LogP contribution in [-0.2, 0) is 14.3 Å². The van der Waals surface area contributed by atoms with Crippen molar-refractivity contribution in [3.63, 3.8) is 0 Å². The molecule has 5 nitrogen and oxygen atoms in total. The molecule has 0 bridgehead atoms. The van der Waals surface area contributed by atoms with E-state index in [0.717, 1.165) is 12.0 Å². The van der Waals surface area contributed by atoms with E-state index in [4.69, 9.17) is 9.47 Å². The fourth-order valence-electron chi connectivity index (χ4n) is 1.78. The van der Waals surface area contributed by atoms with Gasteiger partial charge in [-0.1, -0.05) is 32.6 Å². The number of ether oxygens (including phenoxy) is 2. The largest absolute Gasteiger partial charge is 0.459 e. The molecule has 23 heavy (non-hydrogen) atoms. The minimum Gasteiger partial charge on any atom is -0.459 e. The average molecular weight is 320 g/mol. The number of hydrogen-bond donors (Lipinski definition) is 1. The van der Waals surface area contributed by atoms with Crippen LogP contribution in [0.25, 0.3) is 0 Å². The number of carbonyl (C=O) groups excluding carboxylic acids is 2. The van der Waals surface area contributed by atoms with Crippen LogP contribution < -0.4 is 0 Å². The lowest BCUT2D eigenvalue weighted by Gasteiger charge is -2.13. The van der Waals surface area contributed by atoms with E-state index in [1.807, 2.05) is 12.1 Å². The van der Waals surface area contributed by atoms with E-state index in [2.05, 4.69) is 20.4 Å². The Morgan fingerprint density at radius 2 is 1.74 bits per heavy atom. The molecule has 0 heterocycles. The van der Waals surface area contributed by atoms with Gasteiger partial charge in [0, 0.05) is 5.57 Å². The van der Waals surface area contributed by atoms with E-state index in [1.165, 1.54) is 6.92 Å². The van der Waals surface area contributed by atoms with Crippen LogP contribution in [0.4, 0.5) is 0 Å². The highest BCUT2D eigenvalue weighted by atomic mass is 16.6. The zero-order valence-electron chi connectivity index (χ0n) is 13.9. The molecule has 1 N–H and O–H groups in total. The molecule has 0 aliphatic heterocycles. The van der Waals surface area contributed by atoms with Crippen LogP contribution in [0.3, 0.4) is 0 Å². The molecular formula is C18H24O5. The third-order valence-electron chi connectivity index (χ3n) is 3.49. The third-order valence-corrected chi connectivity index (χ3v) is 3.49. The highest BCUT2D eigenvalue weighted by Gasteiger charge is 2.14. The van der Waals surface area contributed by atoms with E-state index >= 15 is 0 Å². The van der Waals surface area contributed by atoms with Gasteiger partial charge < -0.3 is 14.6 Å². The molecule has 0 aliphatic rings. The van der Waals surface area contributed by atoms with Crippen molar-refractivity contribution in [3.8, 4) is 0 Å². The van der Waals surface area contributed by atoms with E-state index in [9.17, 15) is 14.7 Å². The summed E-state index contributed by atoms with van der Waals surface area (Å²) in [5.41, 5.74) is 1.83. The van der Waals surface area contributed by atoms with Gasteiger partial charge in [-0.05, 0) is 37.0 Å². The highest BCUT2D eigenvalue weighted by Crippen LogP contribution is 2.19. The maximum Gasteiger partial charge on any atom is 0.338 e. The number of aliphatic hydroxyl groups is 1. The Labute approximate surface area is 136 Å². The Hall–Kier alpha value is -2.14. The van der Waals surface area contributed by atoms with E-state index in [0.29, 0.717) is 11.5 Å².